The van der Waals surface area contributed by atoms with Gasteiger partial charge in [-0.2, -0.15) is 0 Å². The number of nitrogens with one attached hydrogen (secondary N) is 1. The van der Waals surface area contributed by atoms with Crippen molar-refractivity contribution in [3.8, 4) is 0 Å². The summed E-state index contributed by atoms with van der Waals surface area (Å²) in [6.07, 6.45) is 5.21. The number of hydrogen-bond acceptors (Lipinski definition) is 1. The van der Waals surface area contributed by atoms with Gasteiger partial charge in [-0.05, 0) is 26.8 Å². The Morgan fingerprint density at radius 1 is 1.55 bits per heavy atom. The van der Waals surface area contributed by atoms with Gasteiger partial charge in [0.1, 0.15) is 0 Å². The largest absolute Gasteiger partial charge is 0.310 e. The molecule has 0 aliphatic carbocycles. The fourth-order valence-corrected chi connectivity index (χ4v) is 1.05. The first-order chi connectivity index (χ1) is 5.20. The maximum Gasteiger partial charge on any atom is 0.0286 e. The Morgan fingerprint density at radius 3 is 2.55 bits per heavy atom. The van der Waals surface area contributed by atoms with E-state index in [4.69, 9.17) is 0 Å². The van der Waals surface area contributed by atoms with Crippen molar-refractivity contribution >= 4 is 0 Å². The molecule has 11 heavy (non-hydrogen) atoms. The van der Waals surface area contributed by atoms with Gasteiger partial charge < -0.3 is 5.32 Å². The van der Waals surface area contributed by atoms with Crippen LogP contribution in [0.2, 0.25) is 0 Å². The molecule has 0 aromatic heterocycles. The normalized spacial score (nSPS) is 12.3. The van der Waals surface area contributed by atoms with Crippen LogP contribution in [0.1, 0.15) is 27.2 Å². The lowest BCUT2D eigenvalue weighted by molar-refractivity contribution is 0.619. The summed E-state index contributed by atoms with van der Waals surface area (Å²) in [6, 6.07) is 0.475. The van der Waals surface area contributed by atoms with Crippen LogP contribution >= 0.6 is 0 Å². The van der Waals surface area contributed by atoms with Crippen LogP contribution in [-0.4, -0.2) is 12.6 Å². The summed E-state index contributed by atoms with van der Waals surface area (Å²) in [5.41, 5.74) is 1.36. The minimum Gasteiger partial charge on any atom is -0.310 e. The van der Waals surface area contributed by atoms with Gasteiger partial charge in [-0.25, -0.2) is 0 Å². The number of hydrogen-bond donors (Lipinski definition) is 1. The average Bonchev–Trinajstić information content (AvgIpc) is 1.87. The lowest BCUT2D eigenvalue weighted by Gasteiger charge is -2.11. The van der Waals surface area contributed by atoms with Crippen molar-refractivity contribution in [2.24, 2.45) is 0 Å². The monoisotopic (exact) mass is 153 g/mol. The number of rotatable bonds is 5. The highest BCUT2D eigenvalue weighted by molar-refractivity contribution is 5.02. The van der Waals surface area contributed by atoms with Gasteiger partial charge >= 0.3 is 0 Å². The van der Waals surface area contributed by atoms with E-state index in [1.807, 2.05) is 6.08 Å². The molecule has 0 heterocycles. The van der Waals surface area contributed by atoms with Crippen LogP contribution in [0.25, 0.3) is 0 Å². The summed E-state index contributed by atoms with van der Waals surface area (Å²) in [7, 11) is 0. The average molecular weight is 153 g/mol. The Labute approximate surface area is 70.2 Å². The summed E-state index contributed by atoms with van der Waals surface area (Å²) in [5.74, 6) is 0. The summed E-state index contributed by atoms with van der Waals surface area (Å²) in [5, 5.41) is 3.37. The minimum atomic E-state index is 0.475. The van der Waals surface area contributed by atoms with Gasteiger partial charge in [-0.1, -0.05) is 24.6 Å². The van der Waals surface area contributed by atoms with Gasteiger partial charge in [0.25, 0.3) is 0 Å². The third-order valence-electron chi connectivity index (χ3n) is 1.42. The second-order valence-electron chi connectivity index (χ2n) is 2.93. The zero-order valence-corrected chi connectivity index (χ0v) is 7.85. The summed E-state index contributed by atoms with van der Waals surface area (Å²) in [6.45, 7) is 11.1. The second-order valence-corrected chi connectivity index (χ2v) is 2.93. The maximum absolute atomic E-state index is 3.72. The molecule has 1 heteroatoms. The molecular weight excluding hydrogens is 134 g/mol. The molecule has 0 aromatic carbocycles. The van der Waals surface area contributed by atoms with Crippen LogP contribution in [0.15, 0.2) is 24.3 Å². The van der Waals surface area contributed by atoms with Crippen LogP contribution in [0, 0.1) is 0 Å². The number of allylic oxidation sites excluding steroid dienone is 1. The molecule has 0 amide bonds. The summed E-state index contributed by atoms with van der Waals surface area (Å²) >= 11 is 0. The lowest BCUT2D eigenvalue weighted by atomic mass is 10.1. The Morgan fingerprint density at radius 2 is 2.18 bits per heavy atom. The maximum atomic E-state index is 3.72. The predicted molar refractivity (Wildman–Crippen MR) is 51.7 cm³/mol. The molecule has 0 saturated carbocycles. The molecule has 0 aromatic rings. The molecule has 0 radical (unpaired) electrons. The molecule has 1 nitrogen and oxygen atoms in total. The Kier molecular flexibility index (Phi) is 5.86. The lowest BCUT2D eigenvalue weighted by Crippen LogP contribution is -2.26. The fourth-order valence-electron chi connectivity index (χ4n) is 1.05. The second kappa shape index (κ2) is 6.17. The van der Waals surface area contributed by atoms with Crippen molar-refractivity contribution in [3.05, 3.63) is 24.3 Å². The van der Waals surface area contributed by atoms with Crippen LogP contribution in [0.4, 0.5) is 0 Å². The molecular formula is C10H19N. The minimum absolute atomic E-state index is 0.475. The van der Waals surface area contributed by atoms with Gasteiger partial charge in [0.2, 0.25) is 0 Å². The molecule has 0 fully saturated rings. The molecule has 1 N–H and O–H groups in total. The molecule has 64 valence electrons. The van der Waals surface area contributed by atoms with E-state index in [9.17, 15) is 0 Å². The Balaban J connectivity index is 3.87. The molecule has 1 unspecified atom stereocenters. The van der Waals surface area contributed by atoms with Crippen LogP contribution < -0.4 is 5.32 Å². The highest BCUT2D eigenvalue weighted by atomic mass is 14.9. The number of likely N-dealkylation sites (N-methyl/N-ethyl adjacent to an activating group) is 1. The van der Waals surface area contributed by atoms with E-state index in [0.29, 0.717) is 6.04 Å². The van der Waals surface area contributed by atoms with Crippen LogP contribution in [0.3, 0.4) is 0 Å². The summed E-state index contributed by atoms with van der Waals surface area (Å²) < 4.78 is 0. The highest BCUT2D eigenvalue weighted by Crippen LogP contribution is 1.99. The van der Waals surface area contributed by atoms with Gasteiger partial charge in [-0.15, -0.1) is 6.58 Å². The fraction of sp³-hybridized carbons (Fsp3) is 0.600. The Bertz CT molecular complexity index is 132. The Hall–Kier alpha value is -0.560. The molecule has 1 atom stereocenters. The van der Waals surface area contributed by atoms with Gasteiger partial charge in [-0.3, -0.25) is 0 Å². The zero-order chi connectivity index (χ0) is 8.69. The van der Waals surface area contributed by atoms with Crippen LogP contribution in [0.5, 0.6) is 0 Å². The van der Waals surface area contributed by atoms with E-state index in [1.54, 1.807) is 0 Å². The van der Waals surface area contributed by atoms with Crippen LogP contribution in [-0.2, 0) is 0 Å². The third-order valence-corrected chi connectivity index (χ3v) is 1.42. The third kappa shape index (κ3) is 5.86. The molecule has 0 rings (SSSR count). The van der Waals surface area contributed by atoms with E-state index in [-0.39, 0.29) is 0 Å². The van der Waals surface area contributed by atoms with Crippen molar-refractivity contribution in [3.63, 3.8) is 0 Å². The SMILES string of the molecule is C=CCC(C=C(C)C)NCC. The summed E-state index contributed by atoms with van der Waals surface area (Å²) in [4.78, 5) is 0. The van der Waals surface area contributed by atoms with Gasteiger partial charge in [0.05, 0.1) is 0 Å². The van der Waals surface area contributed by atoms with E-state index in [2.05, 4.69) is 38.7 Å². The van der Waals surface area contributed by atoms with E-state index in [1.165, 1.54) is 5.57 Å². The van der Waals surface area contributed by atoms with Crippen molar-refractivity contribution in [1.82, 2.24) is 5.32 Å². The standard InChI is InChI=1S/C10H19N/c1-5-7-10(11-6-2)8-9(3)4/h5,8,10-11H,1,6-7H2,2-4H3. The topological polar surface area (TPSA) is 12.0 Å². The van der Waals surface area contributed by atoms with E-state index >= 15 is 0 Å². The van der Waals surface area contributed by atoms with E-state index in [0.717, 1.165) is 13.0 Å². The van der Waals surface area contributed by atoms with Crippen molar-refractivity contribution < 1.29 is 0 Å². The van der Waals surface area contributed by atoms with Crippen molar-refractivity contribution in [2.45, 2.75) is 33.2 Å². The first kappa shape index (κ1) is 10.4. The first-order valence-electron chi connectivity index (χ1n) is 4.20. The van der Waals surface area contributed by atoms with E-state index < -0.39 is 0 Å². The van der Waals surface area contributed by atoms with Crippen molar-refractivity contribution in [1.29, 1.82) is 0 Å². The molecule has 0 aliphatic rings. The predicted octanol–water partition coefficient (Wildman–Crippen LogP) is 2.51. The quantitative estimate of drug-likeness (QED) is 0.598. The first-order valence-corrected chi connectivity index (χ1v) is 4.20. The van der Waals surface area contributed by atoms with Gasteiger partial charge in [0, 0.05) is 6.04 Å². The molecule has 0 aliphatic heterocycles. The zero-order valence-electron chi connectivity index (χ0n) is 7.85. The van der Waals surface area contributed by atoms with Gasteiger partial charge in [0.15, 0.2) is 0 Å². The highest BCUT2D eigenvalue weighted by Gasteiger charge is 1.98. The smallest absolute Gasteiger partial charge is 0.0286 e. The molecule has 0 bridgehead atoms. The van der Waals surface area contributed by atoms with Crippen molar-refractivity contribution in [2.75, 3.05) is 6.54 Å². The molecule has 0 spiro atoms. The molecule has 0 saturated heterocycles.